The fraction of sp³-hybridized carbons (Fsp3) is 0.250. The Hall–Kier alpha value is -3.94. The molecule has 0 saturated heterocycles. The fourth-order valence-electron chi connectivity index (χ4n) is 3.66. The summed E-state index contributed by atoms with van der Waals surface area (Å²) >= 11 is 0. The highest BCUT2D eigenvalue weighted by molar-refractivity contribution is 6.07. The highest BCUT2D eigenvalue weighted by atomic mass is 16.5. The number of pyridine rings is 1. The lowest BCUT2D eigenvalue weighted by Gasteiger charge is -2.09. The van der Waals surface area contributed by atoms with Crippen LogP contribution in [-0.2, 0) is 6.54 Å². The number of carbonyl (C=O) groups excluding carboxylic acids is 2. The lowest BCUT2D eigenvalue weighted by atomic mass is 10.0. The van der Waals surface area contributed by atoms with Gasteiger partial charge in [-0.25, -0.2) is 4.98 Å². The number of aryl methyl sites for hydroxylation is 3. The number of amides is 2. The first-order valence-corrected chi connectivity index (χ1v) is 10.4. The first kappa shape index (κ1) is 21.3. The van der Waals surface area contributed by atoms with Crippen LogP contribution in [-0.4, -0.2) is 28.5 Å². The van der Waals surface area contributed by atoms with E-state index in [0.29, 0.717) is 45.9 Å². The number of fused-ring (bicyclic) bond motifs is 1. The van der Waals surface area contributed by atoms with Crippen molar-refractivity contribution in [2.45, 2.75) is 34.2 Å². The predicted octanol–water partition coefficient (Wildman–Crippen LogP) is 4.09. The predicted molar refractivity (Wildman–Crippen MR) is 119 cm³/mol. The van der Waals surface area contributed by atoms with Crippen LogP contribution in [0.15, 0.2) is 45.3 Å². The normalized spacial score (nSPS) is 11.0. The third kappa shape index (κ3) is 4.12. The highest BCUT2D eigenvalue weighted by Crippen LogP contribution is 2.30. The Morgan fingerprint density at radius 2 is 1.84 bits per heavy atom. The minimum atomic E-state index is -0.286. The molecule has 0 aliphatic carbocycles. The Morgan fingerprint density at radius 1 is 1.03 bits per heavy atom. The van der Waals surface area contributed by atoms with Gasteiger partial charge in [-0.1, -0.05) is 17.3 Å². The van der Waals surface area contributed by atoms with Crippen LogP contribution in [0.5, 0.6) is 0 Å². The summed E-state index contributed by atoms with van der Waals surface area (Å²) in [5, 5.41) is 10.3. The SMILES string of the molecule is CCNC(=O)c1cccc(CNC(=O)c2cc(-c3cc(C)oc3C)nc3onc(C)c23)c1. The second-order valence-corrected chi connectivity index (χ2v) is 7.57. The minimum Gasteiger partial charge on any atom is -0.466 e. The maximum absolute atomic E-state index is 13.2. The summed E-state index contributed by atoms with van der Waals surface area (Å²) < 4.78 is 11.0. The van der Waals surface area contributed by atoms with E-state index in [1.165, 1.54) is 0 Å². The number of nitrogens with one attached hydrogen (secondary N) is 2. The van der Waals surface area contributed by atoms with Crippen LogP contribution in [0.1, 0.15) is 50.4 Å². The van der Waals surface area contributed by atoms with Gasteiger partial charge in [0.15, 0.2) is 0 Å². The summed E-state index contributed by atoms with van der Waals surface area (Å²) in [7, 11) is 0. The first-order valence-electron chi connectivity index (χ1n) is 10.4. The summed E-state index contributed by atoms with van der Waals surface area (Å²) in [5.41, 5.74) is 4.03. The molecule has 0 spiro atoms. The van der Waals surface area contributed by atoms with Crippen molar-refractivity contribution in [3.8, 4) is 11.3 Å². The van der Waals surface area contributed by atoms with Crippen molar-refractivity contribution in [1.82, 2.24) is 20.8 Å². The molecule has 0 radical (unpaired) electrons. The molecule has 32 heavy (non-hydrogen) atoms. The van der Waals surface area contributed by atoms with E-state index in [1.54, 1.807) is 31.2 Å². The summed E-state index contributed by atoms with van der Waals surface area (Å²) in [5.74, 6) is 1.03. The summed E-state index contributed by atoms with van der Waals surface area (Å²) in [6.07, 6.45) is 0. The van der Waals surface area contributed by atoms with Crippen molar-refractivity contribution in [3.05, 3.63) is 70.3 Å². The van der Waals surface area contributed by atoms with Crippen LogP contribution in [0, 0.1) is 20.8 Å². The van der Waals surface area contributed by atoms with E-state index >= 15 is 0 Å². The van der Waals surface area contributed by atoms with Gasteiger partial charge in [0.1, 0.15) is 11.5 Å². The molecular weight excluding hydrogens is 408 g/mol. The van der Waals surface area contributed by atoms with Gasteiger partial charge < -0.3 is 19.6 Å². The molecule has 3 heterocycles. The zero-order valence-electron chi connectivity index (χ0n) is 18.4. The van der Waals surface area contributed by atoms with E-state index in [2.05, 4.69) is 20.8 Å². The molecule has 4 aromatic rings. The van der Waals surface area contributed by atoms with E-state index in [9.17, 15) is 9.59 Å². The molecular formula is C24H24N4O4. The standard InChI is InChI=1S/C24H24N4O4/c1-5-25-22(29)17-8-6-7-16(10-17)12-26-23(30)19-11-20(18-9-13(2)31-15(18)4)27-24-21(19)14(3)28-32-24/h6-11H,5,12H2,1-4H3,(H,25,29)(H,26,30). The average Bonchev–Trinajstić information content (AvgIpc) is 3.32. The average molecular weight is 432 g/mol. The number of hydrogen-bond donors (Lipinski definition) is 2. The molecule has 0 aliphatic heterocycles. The van der Waals surface area contributed by atoms with Crippen molar-refractivity contribution < 1.29 is 18.5 Å². The molecule has 0 fully saturated rings. The number of nitrogens with zero attached hydrogens (tertiary/aromatic N) is 2. The van der Waals surface area contributed by atoms with Gasteiger partial charge in [0, 0.05) is 24.2 Å². The molecule has 2 N–H and O–H groups in total. The van der Waals surface area contributed by atoms with Gasteiger partial charge in [0.2, 0.25) is 0 Å². The molecule has 8 heteroatoms. The Balaban J connectivity index is 1.64. The van der Waals surface area contributed by atoms with E-state index < -0.39 is 0 Å². The van der Waals surface area contributed by atoms with E-state index in [0.717, 1.165) is 16.9 Å². The van der Waals surface area contributed by atoms with Gasteiger partial charge in [0.25, 0.3) is 17.5 Å². The molecule has 0 aliphatic rings. The van der Waals surface area contributed by atoms with Crippen LogP contribution in [0.25, 0.3) is 22.4 Å². The van der Waals surface area contributed by atoms with Crippen molar-refractivity contribution >= 4 is 22.9 Å². The van der Waals surface area contributed by atoms with Crippen LogP contribution in [0.3, 0.4) is 0 Å². The number of aromatic nitrogens is 2. The van der Waals surface area contributed by atoms with E-state index in [-0.39, 0.29) is 18.4 Å². The zero-order chi connectivity index (χ0) is 22.8. The van der Waals surface area contributed by atoms with Gasteiger partial charge in [-0.15, -0.1) is 0 Å². The molecule has 1 aromatic carbocycles. The van der Waals surface area contributed by atoms with Crippen molar-refractivity contribution in [3.63, 3.8) is 0 Å². The molecule has 164 valence electrons. The monoisotopic (exact) mass is 432 g/mol. The molecule has 0 bridgehead atoms. The summed E-state index contributed by atoms with van der Waals surface area (Å²) in [6, 6.07) is 10.8. The number of rotatable bonds is 6. The molecule has 4 rings (SSSR count). The molecule has 8 nitrogen and oxygen atoms in total. The van der Waals surface area contributed by atoms with Crippen LogP contribution in [0.4, 0.5) is 0 Å². The lowest BCUT2D eigenvalue weighted by molar-refractivity contribution is 0.0948. The third-order valence-corrected chi connectivity index (χ3v) is 5.16. The minimum absolute atomic E-state index is 0.146. The molecule has 0 unspecified atom stereocenters. The number of carbonyl (C=O) groups is 2. The Bertz CT molecular complexity index is 1320. The van der Waals surface area contributed by atoms with Gasteiger partial charge >= 0.3 is 0 Å². The van der Waals surface area contributed by atoms with Gasteiger partial charge in [-0.3, -0.25) is 9.59 Å². The number of benzene rings is 1. The highest BCUT2D eigenvalue weighted by Gasteiger charge is 2.21. The summed E-state index contributed by atoms with van der Waals surface area (Å²) in [4.78, 5) is 29.8. The van der Waals surface area contributed by atoms with Gasteiger partial charge in [-0.2, -0.15) is 0 Å². The lowest BCUT2D eigenvalue weighted by Crippen LogP contribution is -2.25. The summed E-state index contributed by atoms with van der Waals surface area (Å²) in [6.45, 7) is 8.16. The Labute approximate surface area is 185 Å². The van der Waals surface area contributed by atoms with Crippen LogP contribution in [0.2, 0.25) is 0 Å². The Morgan fingerprint density at radius 3 is 2.56 bits per heavy atom. The second-order valence-electron chi connectivity index (χ2n) is 7.57. The fourth-order valence-corrected chi connectivity index (χ4v) is 3.66. The van der Waals surface area contributed by atoms with E-state index in [4.69, 9.17) is 8.94 Å². The largest absolute Gasteiger partial charge is 0.466 e. The van der Waals surface area contributed by atoms with Crippen molar-refractivity contribution in [1.29, 1.82) is 0 Å². The quantitative estimate of drug-likeness (QED) is 0.475. The van der Waals surface area contributed by atoms with E-state index in [1.807, 2.05) is 32.9 Å². The topological polar surface area (TPSA) is 110 Å². The molecule has 0 atom stereocenters. The molecule has 0 saturated carbocycles. The smallest absolute Gasteiger partial charge is 0.259 e. The maximum atomic E-state index is 13.2. The van der Waals surface area contributed by atoms with Crippen molar-refractivity contribution in [2.24, 2.45) is 0 Å². The van der Waals surface area contributed by atoms with Gasteiger partial charge in [0.05, 0.1) is 22.3 Å². The number of furan rings is 1. The molecule has 2 amide bonds. The van der Waals surface area contributed by atoms with Crippen LogP contribution < -0.4 is 10.6 Å². The van der Waals surface area contributed by atoms with Crippen molar-refractivity contribution in [2.75, 3.05) is 6.54 Å². The van der Waals surface area contributed by atoms with Gasteiger partial charge in [-0.05, 0) is 57.5 Å². The third-order valence-electron chi connectivity index (χ3n) is 5.16. The first-order chi connectivity index (χ1) is 15.4. The van der Waals surface area contributed by atoms with Crippen LogP contribution >= 0.6 is 0 Å². The molecule has 3 aromatic heterocycles. The Kier molecular flexibility index (Phi) is 5.77. The zero-order valence-corrected chi connectivity index (χ0v) is 18.4. The number of hydrogen-bond acceptors (Lipinski definition) is 6. The maximum Gasteiger partial charge on any atom is 0.259 e. The second kappa shape index (κ2) is 8.66.